The first-order valence-corrected chi connectivity index (χ1v) is 11.0. The largest absolute Gasteiger partial charge is 0.493 e. The van der Waals surface area contributed by atoms with E-state index >= 15 is 0 Å². The Morgan fingerprint density at radius 3 is 2.82 bits per heavy atom. The van der Waals surface area contributed by atoms with Crippen molar-refractivity contribution < 1.29 is 14.3 Å². The van der Waals surface area contributed by atoms with Crippen molar-refractivity contribution in [1.29, 1.82) is 0 Å². The number of para-hydroxylation sites is 1. The van der Waals surface area contributed by atoms with Gasteiger partial charge >= 0.3 is 0 Å². The zero-order chi connectivity index (χ0) is 19.5. The van der Waals surface area contributed by atoms with Crippen LogP contribution in [0, 0.1) is 0 Å². The minimum Gasteiger partial charge on any atom is -0.493 e. The number of rotatable bonds is 6. The molecule has 5 nitrogen and oxygen atoms in total. The number of thioether (sulfide) groups is 1. The minimum atomic E-state index is 0.0864. The second-order valence-electron chi connectivity index (χ2n) is 6.60. The van der Waals surface area contributed by atoms with Crippen LogP contribution in [0.2, 0.25) is 0 Å². The Bertz CT molecular complexity index is 956. The molecule has 146 valence electrons. The van der Waals surface area contributed by atoms with Crippen LogP contribution in [-0.4, -0.2) is 42.3 Å². The number of nitrogens with zero attached hydrogens (tertiary/aromatic N) is 2. The normalized spacial score (nSPS) is 16.5. The first-order valence-electron chi connectivity index (χ1n) is 9.19. The van der Waals surface area contributed by atoms with E-state index in [1.807, 2.05) is 41.3 Å². The van der Waals surface area contributed by atoms with Crippen LogP contribution in [0.1, 0.15) is 24.4 Å². The van der Waals surface area contributed by atoms with Crippen LogP contribution >= 0.6 is 23.1 Å². The Labute approximate surface area is 172 Å². The molecular formula is C21H22N2O3S2. The van der Waals surface area contributed by atoms with E-state index < -0.39 is 0 Å². The van der Waals surface area contributed by atoms with Crippen LogP contribution in [0.4, 0.5) is 0 Å². The highest BCUT2D eigenvalue weighted by Crippen LogP contribution is 2.37. The lowest BCUT2D eigenvalue weighted by Gasteiger charge is -2.25. The van der Waals surface area contributed by atoms with E-state index in [0.29, 0.717) is 17.3 Å². The molecule has 0 unspecified atom stereocenters. The van der Waals surface area contributed by atoms with Crippen molar-refractivity contribution >= 4 is 39.2 Å². The average Bonchev–Trinajstić information content (AvgIpc) is 3.38. The molecule has 2 aromatic carbocycles. The van der Waals surface area contributed by atoms with E-state index in [0.717, 1.165) is 39.5 Å². The summed E-state index contributed by atoms with van der Waals surface area (Å²) in [6.45, 7) is 0.790. The SMILES string of the molecule is COc1ccc([C@H]2CCCN2C(=O)CSc2nc3ccccc3s2)cc1OC. The van der Waals surface area contributed by atoms with Gasteiger partial charge in [-0.1, -0.05) is 30.0 Å². The van der Waals surface area contributed by atoms with E-state index in [9.17, 15) is 4.79 Å². The van der Waals surface area contributed by atoms with Crippen molar-refractivity contribution in [2.24, 2.45) is 0 Å². The zero-order valence-corrected chi connectivity index (χ0v) is 17.5. The van der Waals surface area contributed by atoms with Crippen LogP contribution < -0.4 is 9.47 Å². The molecule has 0 saturated carbocycles. The van der Waals surface area contributed by atoms with Crippen LogP contribution in [0.3, 0.4) is 0 Å². The van der Waals surface area contributed by atoms with Gasteiger partial charge in [-0.05, 0) is 42.7 Å². The van der Waals surface area contributed by atoms with Gasteiger partial charge in [-0.3, -0.25) is 4.79 Å². The number of likely N-dealkylation sites (tertiary alicyclic amines) is 1. The first-order chi connectivity index (χ1) is 13.7. The quantitative estimate of drug-likeness (QED) is 0.544. The van der Waals surface area contributed by atoms with Gasteiger partial charge < -0.3 is 14.4 Å². The number of carbonyl (C=O) groups excluding carboxylic acids is 1. The smallest absolute Gasteiger partial charge is 0.233 e. The Balaban J connectivity index is 1.46. The average molecular weight is 415 g/mol. The van der Waals surface area contributed by atoms with Crippen LogP contribution in [0.5, 0.6) is 11.5 Å². The fourth-order valence-electron chi connectivity index (χ4n) is 3.59. The fourth-order valence-corrected chi connectivity index (χ4v) is 5.55. The summed E-state index contributed by atoms with van der Waals surface area (Å²) in [5, 5.41) is 0. The van der Waals surface area contributed by atoms with Crippen molar-refractivity contribution in [2.75, 3.05) is 26.5 Å². The monoisotopic (exact) mass is 414 g/mol. The molecule has 1 amide bonds. The van der Waals surface area contributed by atoms with Gasteiger partial charge in [0.2, 0.25) is 5.91 Å². The summed E-state index contributed by atoms with van der Waals surface area (Å²) in [7, 11) is 3.26. The van der Waals surface area contributed by atoms with Crippen LogP contribution in [0.25, 0.3) is 10.2 Å². The van der Waals surface area contributed by atoms with Gasteiger partial charge in [0.1, 0.15) is 0 Å². The lowest BCUT2D eigenvalue weighted by molar-refractivity contribution is -0.129. The van der Waals surface area contributed by atoms with E-state index in [-0.39, 0.29) is 11.9 Å². The van der Waals surface area contributed by atoms with Crippen molar-refractivity contribution in [3.05, 3.63) is 48.0 Å². The standard InChI is InChI=1S/C21H22N2O3S2/c1-25-17-10-9-14(12-18(17)26-2)16-7-5-11-23(16)20(24)13-27-21-22-15-6-3-4-8-19(15)28-21/h3-4,6,8-10,12,16H,5,7,11,13H2,1-2H3/t16-/m1/s1. The highest BCUT2D eigenvalue weighted by Gasteiger charge is 2.30. The maximum absolute atomic E-state index is 12.9. The highest BCUT2D eigenvalue weighted by atomic mass is 32.2. The van der Waals surface area contributed by atoms with E-state index in [2.05, 4.69) is 11.1 Å². The number of amides is 1. The minimum absolute atomic E-state index is 0.0864. The van der Waals surface area contributed by atoms with Gasteiger partial charge in [-0.2, -0.15) is 0 Å². The Morgan fingerprint density at radius 2 is 2.04 bits per heavy atom. The molecule has 1 atom stereocenters. The number of carbonyl (C=O) groups is 1. The number of hydrogen-bond donors (Lipinski definition) is 0. The van der Waals surface area contributed by atoms with Crippen molar-refractivity contribution in [2.45, 2.75) is 23.2 Å². The van der Waals surface area contributed by atoms with Gasteiger partial charge in [-0.15, -0.1) is 11.3 Å². The van der Waals surface area contributed by atoms with Crippen molar-refractivity contribution in [1.82, 2.24) is 9.88 Å². The van der Waals surface area contributed by atoms with E-state index in [1.165, 1.54) is 11.8 Å². The summed E-state index contributed by atoms with van der Waals surface area (Å²) in [4.78, 5) is 19.5. The number of fused-ring (bicyclic) bond motifs is 1. The third kappa shape index (κ3) is 3.82. The van der Waals surface area contributed by atoms with E-state index in [1.54, 1.807) is 25.6 Å². The molecule has 0 N–H and O–H groups in total. The maximum Gasteiger partial charge on any atom is 0.233 e. The number of ether oxygens (including phenoxy) is 2. The van der Waals surface area contributed by atoms with Gasteiger partial charge in [0.15, 0.2) is 15.8 Å². The molecule has 28 heavy (non-hydrogen) atoms. The summed E-state index contributed by atoms with van der Waals surface area (Å²) in [5.41, 5.74) is 2.08. The number of thiazole rings is 1. The molecule has 0 aliphatic carbocycles. The molecule has 0 spiro atoms. The van der Waals surface area contributed by atoms with Gasteiger partial charge in [0.25, 0.3) is 0 Å². The Morgan fingerprint density at radius 1 is 1.21 bits per heavy atom. The van der Waals surface area contributed by atoms with Gasteiger partial charge in [-0.25, -0.2) is 4.98 Å². The topological polar surface area (TPSA) is 51.7 Å². The zero-order valence-electron chi connectivity index (χ0n) is 15.9. The van der Waals surface area contributed by atoms with Gasteiger partial charge in [0.05, 0.1) is 36.2 Å². The molecule has 1 aliphatic heterocycles. The molecular weight excluding hydrogens is 392 g/mol. The third-order valence-corrected chi connectivity index (χ3v) is 7.12. The number of hydrogen-bond acceptors (Lipinski definition) is 6. The summed E-state index contributed by atoms with van der Waals surface area (Å²) < 4.78 is 12.8. The predicted molar refractivity (Wildman–Crippen MR) is 114 cm³/mol. The molecule has 2 heterocycles. The number of benzene rings is 2. The highest BCUT2D eigenvalue weighted by molar-refractivity contribution is 8.01. The molecule has 3 aromatic rings. The van der Waals surface area contributed by atoms with Crippen LogP contribution in [0.15, 0.2) is 46.8 Å². The van der Waals surface area contributed by atoms with Crippen LogP contribution in [-0.2, 0) is 4.79 Å². The summed E-state index contributed by atoms with van der Waals surface area (Å²) in [6.07, 6.45) is 1.98. The molecule has 0 bridgehead atoms. The maximum atomic E-state index is 12.9. The fraction of sp³-hybridized carbons (Fsp3) is 0.333. The predicted octanol–water partition coefficient (Wildman–Crippen LogP) is 4.77. The molecule has 7 heteroatoms. The summed E-state index contributed by atoms with van der Waals surface area (Å²) in [6, 6.07) is 14.1. The lowest BCUT2D eigenvalue weighted by Crippen LogP contribution is -2.31. The summed E-state index contributed by atoms with van der Waals surface area (Å²) >= 11 is 3.16. The van der Waals surface area contributed by atoms with Crippen molar-refractivity contribution in [3.8, 4) is 11.5 Å². The Kier molecular flexibility index (Phi) is 5.73. The van der Waals surface area contributed by atoms with Crippen molar-refractivity contribution in [3.63, 3.8) is 0 Å². The summed E-state index contributed by atoms with van der Waals surface area (Å²) in [5.74, 6) is 1.96. The first kappa shape index (κ1) is 19.1. The second kappa shape index (κ2) is 8.41. The molecule has 4 rings (SSSR count). The molecule has 1 aromatic heterocycles. The molecule has 1 saturated heterocycles. The van der Waals surface area contributed by atoms with Gasteiger partial charge in [0, 0.05) is 6.54 Å². The third-order valence-electron chi connectivity index (χ3n) is 4.96. The van der Waals surface area contributed by atoms with E-state index in [4.69, 9.17) is 9.47 Å². The number of methoxy groups -OCH3 is 2. The second-order valence-corrected chi connectivity index (χ2v) is 8.85. The molecule has 1 fully saturated rings. The lowest BCUT2D eigenvalue weighted by atomic mass is 10.0. The molecule has 1 aliphatic rings. The Hall–Kier alpha value is -2.25. The number of aromatic nitrogens is 1. The molecule has 0 radical (unpaired) electrons.